The van der Waals surface area contributed by atoms with Crippen molar-refractivity contribution in [1.82, 2.24) is 4.98 Å². The molecule has 1 aliphatic rings. The quantitative estimate of drug-likeness (QED) is 0.801. The Kier molecular flexibility index (Phi) is 3.63. The van der Waals surface area contributed by atoms with Crippen LogP contribution in [0.25, 0.3) is 22.6 Å². The molecule has 0 unspecified atom stereocenters. The zero-order chi connectivity index (χ0) is 16.4. The van der Waals surface area contributed by atoms with Crippen molar-refractivity contribution in [2.75, 3.05) is 18.5 Å². The highest BCUT2D eigenvalue weighted by Crippen LogP contribution is 2.25. The van der Waals surface area contributed by atoms with Crippen LogP contribution in [0.4, 0.5) is 5.69 Å². The average molecular weight is 322 g/mol. The molecular formula is C18H14N2O4. The molecule has 4 rings (SSSR count). The molecule has 24 heavy (non-hydrogen) atoms. The first-order valence-electron chi connectivity index (χ1n) is 7.51. The Bertz CT molecular complexity index is 879. The second-order valence-electron chi connectivity index (χ2n) is 5.22. The normalized spacial score (nSPS) is 13.8. The molecule has 1 aromatic heterocycles. The van der Waals surface area contributed by atoms with E-state index >= 15 is 0 Å². The maximum Gasteiger partial charge on any atom is 0.294 e. The van der Waals surface area contributed by atoms with Crippen molar-refractivity contribution < 1.29 is 18.7 Å². The van der Waals surface area contributed by atoms with Crippen LogP contribution in [0.2, 0.25) is 0 Å². The fourth-order valence-corrected chi connectivity index (χ4v) is 2.37. The molecule has 0 radical (unpaired) electrons. The minimum Gasteiger partial charge on any atom is -0.494 e. The van der Waals surface area contributed by atoms with E-state index in [4.69, 9.17) is 13.9 Å². The van der Waals surface area contributed by atoms with Gasteiger partial charge >= 0.3 is 0 Å². The van der Waals surface area contributed by atoms with Crippen molar-refractivity contribution in [2.45, 2.75) is 0 Å². The molecule has 1 aliphatic heterocycles. The van der Waals surface area contributed by atoms with Crippen LogP contribution in [0.5, 0.6) is 0 Å². The maximum atomic E-state index is 12.0. The van der Waals surface area contributed by atoms with Crippen molar-refractivity contribution in [3.05, 3.63) is 60.6 Å². The minimum atomic E-state index is -0.343. The number of anilines is 1. The van der Waals surface area contributed by atoms with Gasteiger partial charge in [0.15, 0.2) is 5.58 Å². The number of hydrogen-bond donors (Lipinski definition) is 1. The van der Waals surface area contributed by atoms with Gasteiger partial charge in [-0.05, 0) is 36.4 Å². The van der Waals surface area contributed by atoms with Gasteiger partial charge in [-0.3, -0.25) is 4.79 Å². The van der Waals surface area contributed by atoms with Crippen molar-refractivity contribution in [3.63, 3.8) is 0 Å². The lowest BCUT2D eigenvalue weighted by Gasteiger charge is -2.15. The van der Waals surface area contributed by atoms with E-state index in [1.165, 1.54) is 6.26 Å². The molecule has 0 fully saturated rings. The van der Waals surface area contributed by atoms with E-state index in [0.29, 0.717) is 24.8 Å². The molecule has 3 aromatic rings. The predicted octanol–water partition coefficient (Wildman–Crippen LogP) is 3.32. The van der Waals surface area contributed by atoms with E-state index in [9.17, 15) is 4.79 Å². The number of ether oxygens (including phenoxy) is 2. The number of nitrogens with one attached hydrogen (secondary N) is 1. The highest BCUT2D eigenvalue weighted by atomic mass is 16.6. The number of fused-ring (bicyclic) bond motifs is 1. The zero-order valence-electron chi connectivity index (χ0n) is 12.7. The highest BCUT2D eigenvalue weighted by Gasteiger charge is 2.15. The third-order valence-corrected chi connectivity index (χ3v) is 3.56. The summed E-state index contributed by atoms with van der Waals surface area (Å²) in [5.74, 6) is 0.370. The summed E-state index contributed by atoms with van der Waals surface area (Å²) in [6.45, 7) is 0.825. The number of rotatable bonds is 3. The topological polar surface area (TPSA) is 73.6 Å². The first-order valence-corrected chi connectivity index (χ1v) is 7.51. The molecule has 6 heteroatoms. The summed E-state index contributed by atoms with van der Waals surface area (Å²) in [7, 11) is 0. The van der Waals surface area contributed by atoms with Gasteiger partial charge in [-0.15, -0.1) is 0 Å². The Hall–Kier alpha value is -3.28. The van der Waals surface area contributed by atoms with Crippen LogP contribution in [0, 0.1) is 0 Å². The van der Waals surface area contributed by atoms with Crippen LogP contribution in [-0.2, 0) is 14.3 Å². The van der Waals surface area contributed by atoms with E-state index in [1.807, 2.05) is 36.4 Å². The maximum absolute atomic E-state index is 12.0. The molecule has 120 valence electrons. The van der Waals surface area contributed by atoms with E-state index < -0.39 is 0 Å². The number of nitrogens with zero attached hydrogens (tertiary/aromatic N) is 1. The largest absolute Gasteiger partial charge is 0.494 e. The fourth-order valence-electron chi connectivity index (χ4n) is 2.37. The van der Waals surface area contributed by atoms with Gasteiger partial charge in [0, 0.05) is 11.3 Å². The Morgan fingerprint density at radius 3 is 2.62 bits per heavy atom. The van der Waals surface area contributed by atoms with Gasteiger partial charge in [0.05, 0.1) is 0 Å². The highest BCUT2D eigenvalue weighted by molar-refractivity contribution is 6.02. The van der Waals surface area contributed by atoms with Crippen LogP contribution in [0.15, 0.2) is 65.0 Å². The first kappa shape index (κ1) is 14.3. The number of carbonyl (C=O) groups is 1. The van der Waals surface area contributed by atoms with E-state index in [0.717, 1.165) is 16.7 Å². The van der Waals surface area contributed by atoms with Crippen molar-refractivity contribution in [2.24, 2.45) is 0 Å². The van der Waals surface area contributed by atoms with Crippen LogP contribution >= 0.6 is 0 Å². The third kappa shape index (κ3) is 2.81. The van der Waals surface area contributed by atoms with Crippen molar-refractivity contribution >= 4 is 22.7 Å². The SMILES string of the molecule is O=C(Nc1ccc(-c2nc3ccccc3o2)cc1)C1=COCCO1. The molecule has 1 amide bonds. The Labute approximate surface area is 137 Å². The Morgan fingerprint density at radius 1 is 1.04 bits per heavy atom. The number of aromatic nitrogens is 1. The van der Waals surface area contributed by atoms with Crippen LogP contribution < -0.4 is 5.32 Å². The summed E-state index contributed by atoms with van der Waals surface area (Å²) in [5.41, 5.74) is 3.04. The van der Waals surface area contributed by atoms with Gasteiger partial charge in [-0.2, -0.15) is 0 Å². The summed E-state index contributed by atoms with van der Waals surface area (Å²) in [6, 6.07) is 14.8. The van der Waals surface area contributed by atoms with E-state index in [-0.39, 0.29) is 11.7 Å². The van der Waals surface area contributed by atoms with Gasteiger partial charge in [0.1, 0.15) is 25.0 Å². The zero-order valence-corrected chi connectivity index (χ0v) is 12.7. The lowest BCUT2D eigenvalue weighted by atomic mass is 10.2. The smallest absolute Gasteiger partial charge is 0.294 e. The van der Waals surface area contributed by atoms with Gasteiger partial charge in [0.25, 0.3) is 5.91 Å². The summed E-state index contributed by atoms with van der Waals surface area (Å²) in [4.78, 5) is 16.5. The molecule has 0 atom stereocenters. The molecule has 2 heterocycles. The summed E-state index contributed by atoms with van der Waals surface area (Å²) < 4.78 is 16.0. The average Bonchev–Trinajstić information content (AvgIpc) is 3.07. The minimum absolute atomic E-state index is 0.171. The number of benzene rings is 2. The second kappa shape index (κ2) is 6.08. The molecule has 0 bridgehead atoms. The van der Waals surface area contributed by atoms with Gasteiger partial charge in [-0.25, -0.2) is 4.98 Å². The molecule has 0 saturated carbocycles. The summed E-state index contributed by atoms with van der Waals surface area (Å²) in [5, 5.41) is 2.75. The van der Waals surface area contributed by atoms with Crippen molar-refractivity contribution in [3.8, 4) is 11.5 Å². The van der Waals surface area contributed by atoms with Gasteiger partial charge in [0.2, 0.25) is 11.6 Å². The molecule has 0 aliphatic carbocycles. The lowest BCUT2D eigenvalue weighted by molar-refractivity contribution is -0.117. The van der Waals surface area contributed by atoms with E-state index in [2.05, 4.69) is 10.3 Å². The number of hydrogen-bond acceptors (Lipinski definition) is 5. The molecule has 0 spiro atoms. The molecule has 1 N–H and O–H groups in total. The monoisotopic (exact) mass is 322 g/mol. The standard InChI is InChI=1S/C18H14N2O4/c21-17(16-11-22-9-10-23-16)19-13-7-5-12(6-8-13)18-20-14-3-1-2-4-15(14)24-18/h1-8,11H,9-10H2,(H,19,21). The number of para-hydroxylation sites is 2. The number of carbonyl (C=O) groups excluding carboxylic acids is 1. The van der Waals surface area contributed by atoms with E-state index in [1.54, 1.807) is 12.1 Å². The Balaban J connectivity index is 1.52. The Morgan fingerprint density at radius 2 is 1.88 bits per heavy atom. The van der Waals surface area contributed by atoms with Crippen molar-refractivity contribution in [1.29, 1.82) is 0 Å². The van der Waals surface area contributed by atoms with Crippen LogP contribution in [0.1, 0.15) is 0 Å². The number of amides is 1. The molecule has 0 saturated heterocycles. The van der Waals surface area contributed by atoms with Gasteiger partial charge < -0.3 is 19.2 Å². The second-order valence-corrected chi connectivity index (χ2v) is 5.22. The third-order valence-electron chi connectivity index (χ3n) is 3.56. The molecular weight excluding hydrogens is 308 g/mol. The lowest BCUT2D eigenvalue weighted by Crippen LogP contribution is -2.21. The predicted molar refractivity (Wildman–Crippen MR) is 88.1 cm³/mol. The number of oxazole rings is 1. The van der Waals surface area contributed by atoms with Crippen LogP contribution in [-0.4, -0.2) is 24.1 Å². The summed E-state index contributed by atoms with van der Waals surface area (Å²) >= 11 is 0. The van der Waals surface area contributed by atoms with Crippen LogP contribution in [0.3, 0.4) is 0 Å². The molecule has 2 aromatic carbocycles. The summed E-state index contributed by atoms with van der Waals surface area (Å²) in [6.07, 6.45) is 1.32. The fraction of sp³-hybridized carbons (Fsp3) is 0.111. The molecule has 6 nitrogen and oxygen atoms in total. The first-order chi connectivity index (χ1) is 11.8. The van der Waals surface area contributed by atoms with Gasteiger partial charge in [-0.1, -0.05) is 12.1 Å².